The van der Waals surface area contributed by atoms with Gasteiger partial charge in [0.15, 0.2) is 6.10 Å². The van der Waals surface area contributed by atoms with Crippen LogP contribution in [0.4, 0.5) is 0 Å². The van der Waals surface area contributed by atoms with E-state index in [0.717, 1.165) is 5.56 Å². The maximum atomic E-state index is 12.5. The summed E-state index contributed by atoms with van der Waals surface area (Å²) in [6.45, 7) is 9.50. The fourth-order valence-corrected chi connectivity index (χ4v) is 2.26. The van der Waals surface area contributed by atoms with Crippen LogP contribution in [0.3, 0.4) is 0 Å². The van der Waals surface area contributed by atoms with Crippen molar-refractivity contribution in [2.24, 2.45) is 11.8 Å². The zero-order valence-corrected chi connectivity index (χ0v) is 14.5. The van der Waals surface area contributed by atoms with Crippen LogP contribution in [-0.2, 0) is 9.59 Å². The molecule has 0 aliphatic heterocycles. The number of benzene rings is 1. The molecule has 0 saturated heterocycles. The number of hydrogen-bond donors (Lipinski definition) is 2. The van der Waals surface area contributed by atoms with Crippen LogP contribution < -0.4 is 10.1 Å². The number of carboxylic acids is 1. The van der Waals surface area contributed by atoms with Crippen LogP contribution in [0, 0.1) is 18.8 Å². The molecule has 23 heavy (non-hydrogen) atoms. The molecule has 1 amide bonds. The predicted octanol–water partition coefficient (Wildman–Crippen LogP) is 3.01. The van der Waals surface area contributed by atoms with Crippen molar-refractivity contribution in [3.63, 3.8) is 0 Å². The fraction of sp³-hybridized carbons (Fsp3) is 0.556. The Labute approximate surface area is 138 Å². The third-order valence-electron chi connectivity index (χ3n) is 3.53. The molecule has 128 valence electrons. The van der Waals surface area contributed by atoms with Crippen LogP contribution in [-0.4, -0.2) is 29.1 Å². The Hall–Kier alpha value is -2.04. The van der Waals surface area contributed by atoms with Crippen molar-refractivity contribution < 1.29 is 19.4 Å². The first-order valence-corrected chi connectivity index (χ1v) is 7.97. The van der Waals surface area contributed by atoms with Gasteiger partial charge in [-0.25, -0.2) is 4.79 Å². The minimum absolute atomic E-state index is 0.0805. The maximum absolute atomic E-state index is 12.5. The lowest BCUT2D eigenvalue weighted by molar-refractivity contribution is -0.144. The number of hydrogen-bond acceptors (Lipinski definition) is 3. The van der Waals surface area contributed by atoms with Crippen molar-refractivity contribution in [1.29, 1.82) is 0 Å². The van der Waals surface area contributed by atoms with Crippen LogP contribution in [0.15, 0.2) is 24.3 Å². The molecule has 2 unspecified atom stereocenters. The van der Waals surface area contributed by atoms with Gasteiger partial charge in [-0.05, 0) is 36.8 Å². The molecular weight excluding hydrogens is 294 g/mol. The predicted molar refractivity (Wildman–Crippen MR) is 89.5 cm³/mol. The molecule has 0 saturated carbocycles. The van der Waals surface area contributed by atoms with Crippen molar-refractivity contribution >= 4 is 11.9 Å². The highest BCUT2D eigenvalue weighted by Gasteiger charge is 2.29. The van der Waals surface area contributed by atoms with Gasteiger partial charge < -0.3 is 15.2 Å². The molecular formula is C18H27NO4. The summed E-state index contributed by atoms with van der Waals surface area (Å²) in [5.74, 6) is -0.687. The van der Waals surface area contributed by atoms with E-state index < -0.39 is 24.0 Å². The van der Waals surface area contributed by atoms with Gasteiger partial charge in [0.25, 0.3) is 5.91 Å². The Kier molecular flexibility index (Phi) is 7.07. The highest BCUT2D eigenvalue weighted by atomic mass is 16.5. The van der Waals surface area contributed by atoms with E-state index in [1.165, 1.54) is 0 Å². The second kappa shape index (κ2) is 8.56. The topological polar surface area (TPSA) is 75.6 Å². The van der Waals surface area contributed by atoms with Crippen molar-refractivity contribution in [3.05, 3.63) is 29.8 Å². The van der Waals surface area contributed by atoms with Crippen molar-refractivity contribution in [2.75, 3.05) is 0 Å². The summed E-state index contributed by atoms with van der Waals surface area (Å²) in [6.07, 6.45) is -0.346. The number of nitrogens with one attached hydrogen (secondary N) is 1. The van der Waals surface area contributed by atoms with E-state index >= 15 is 0 Å². The van der Waals surface area contributed by atoms with E-state index in [9.17, 15) is 14.7 Å². The van der Waals surface area contributed by atoms with E-state index in [1.807, 2.05) is 52.8 Å². The first kappa shape index (κ1) is 19.0. The fourth-order valence-electron chi connectivity index (χ4n) is 2.26. The van der Waals surface area contributed by atoms with Gasteiger partial charge in [0.2, 0.25) is 0 Å². The largest absolute Gasteiger partial charge is 0.480 e. The normalized spacial score (nSPS) is 13.7. The molecule has 0 aliphatic rings. The summed E-state index contributed by atoms with van der Waals surface area (Å²) in [4.78, 5) is 23.8. The molecule has 0 bridgehead atoms. The monoisotopic (exact) mass is 321 g/mol. The van der Waals surface area contributed by atoms with E-state index in [1.54, 1.807) is 6.07 Å². The van der Waals surface area contributed by atoms with Gasteiger partial charge in [0.1, 0.15) is 11.8 Å². The number of carboxylic acid groups (broad SMARTS) is 1. The number of para-hydroxylation sites is 1. The highest BCUT2D eigenvalue weighted by molar-refractivity contribution is 5.86. The van der Waals surface area contributed by atoms with E-state index in [-0.39, 0.29) is 11.8 Å². The quantitative estimate of drug-likeness (QED) is 0.772. The van der Waals surface area contributed by atoms with Crippen LogP contribution >= 0.6 is 0 Å². The average molecular weight is 321 g/mol. The second-order valence-corrected chi connectivity index (χ2v) is 6.58. The van der Waals surface area contributed by atoms with E-state index in [2.05, 4.69) is 5.32 Å². The summed E-state index contributed by atoms with van der Waals surface area (Å²) in [6, 6.07) is 6.56. The van der Waals surface area contributed by atoms with Gasteiger partial charge in [-0.3, -0.25) is 4.79 Å². The molecule has 0 radical (unpaired) electrons. The van der Waals surface area contributed by atoms with E-state index in [0.29, 0.717) is 12.2 Å². The highest BCUT2D eigenvalue weighted by Crippen LogP contribution is 2.20. The maximum Gasteiger partial charge on any atom is 0.326 e. The van der Waals surface area contributed by atoms with Crippen molar-refractivity contribution in [3.8, 4) is 5.75 Å². The summed E-state index contributed by atoms with van der Waals surface area (Å²) in [7, 11) is 0. The number of aryl methyl sites for hydroxylation is 1. The first-order chi connectivity index (χ1) is 10.7. The number of amides is 1. The smallest absolute Gasteiger partial charge is 0.326 e. The molecule has 0 aromatic heterocycles. The number of carbonyl (C=O) groups excluding carboxylic acids is 1. The zero-order valence-electron chi connectivity index (χ0n) is 14.5. The minimum atomic E-state index is -1.02. The Balaban J connectivity index is 2.86. The molecule has 0 heterocycles. The van der Waals surface area contributed by atoms with Gasteiger partial charge in [0.05, 0.1) is 0 Å². The minimum Gasteiger partial charge on any atom is -0.480 e. The molecule has 2 N–H and O–H groups in total. The van der Waals surface area contributed by atoms with Crippen molar-refractivity contribution in [1.82, 2.24) is 5.32 Å². The number of rotatable bonds is 8. The Morgan fingerprint density at radius 1 is 1.17 bits per heavy atom. The molecule has 1 aromatic rings. The molecule has 1 aromatic carbocycles. The third kappa shape index (κ3) is 5.93. The lowest BCUT2D eigenvalue weighted by Crippen LogP contribution is -2.49. The average Bonchev–Trinajstić information content (AvgIpc) is 2.44. The van der Waals surface area contributed by atoms with Gasteiger partial charge in [-0.1, -0.05) is 45.9 Å². The number of aliphatic carboxylic acids is 1. The molecule has 0 fully saturated rings. The Morgan fingerprint density at radius 3 is 2.26 bits per heavy atom. The Bertz CT molecular complexity index is 540. The third-order valence-corrected chi connectivity index (χ3v) is 3.53. The zero-order chi connectivity index (χ0) is 17.6. The van der Waals surface area contributed by atoms with Crippen LogP contribution in [0.5, 0.6) is 5.75 Å². The summed E-state index contributed by atoms with van der Waals surface area (Å²) < 4.78 is 5.85. The van der Waals surface area contributed by atoms with Gasteiger partial charge in [0, 0.05) is 0 Å². The standard InChI is InChI=1S/C18H27NO4/c1-11(2)10-14(18(21)22)19-17(20)16(12(3)4)23-15-9-7-6-8-13(15)5/h6-9,11-12,14,16H,10H2,1-5H3,(H,19,20)(H,21,22). The Morgan fingerprint density at radius 2 is 1.78 bits per heavy atom. The number of ether oxygens (including phenoxy) is 1. The van der Waals surface area contributed by atoms with Gasteiger partial charge in [-0.15, -0.1) is 0 Å². The molecule has 5 nitrogen and oxygen atoms in total. The van der Waals surface area contributed by atoms with Crippen LogP contribution in [0.1, 0.15) is 39.7 Å². The molecule has 5 heteroatoms. The molecule has 0 spiro atoms. The molecule has 1 rings (SSSR count). The van der Waals surface area contributed by atoms with Gasteiger partial charge >= 0.3 is 5.97 Å². The van der Waals surface area contributed by atoms with Gasteiger partial charge in [-0.2, -0.15) is 0 Å². The van der Waals surface area contributed by atoms with E-state index in [4.69, 9.17) is 4.74 Å². The lowest BCUT2D eigenvalue weighted by Gasteiger charge is -2.25. The number of carbonyl (C=O) groups is 2. The summed E-state index contributed by atoms with van der Waals surface area (Å²) >= 11 is 0. The summed E-state index contributed by atoms with van der Waals surface area (Å²) in [5, 5.41) is 11.9. The SMILES string of the molecule is Cc1ccccc1OC(C(=O)NC(CC(C)C)C(=O)O)C(C)C. The van der Waals surface area contributed by atoms with Crippen LogP contribution in [0.25, 0.3) is 0 Å². The van der Waals surface area contributed by atoms with Crippen molar-refractivity contribution in [2.45, 2.75) is 53.2 Å². The molecule has 2 atom stereocenters. The molecule has 0 aliphatic carbocycles. The summed E-state index contributed by atoms with van der Waals surface area (Å²) in [5.41, 5.74) is 0.933. The van der Waals surface area contributed by atoms with Crippen LogP contribution in [0.2, 0.25) is 0 Å². The lowest BCUT2D eigenvalue weighted by atomic mass is 10.0. The first-order valence-electron chi connectivity index (χ1n) is 7.97. The second-order valence-electron chi connectivity index (χ2n) is 6.58.